The molecule has 1 aliphatic rings. The molecule has 8 nitrogen and oxygen atoms in total. The van der Waals surface area contributed by atoms with E-state index in [1.54, 1.807) is 0 Å². The van der Waals surface area contributed by atoms with Crippen LogP contribution in [0.25, 0.3) is 0 Å². The van der Waals surface area contributed by atoms with Gasteiger partial charge in [0.05, 0.1) is 11.4 Å². The molecule has 5 N–H and O–H groups in total. The first-order chi connectivity index (χ1) is 19.6. The number of primary amides is 1. The van der Waals surface area contributed by atoms with Gasteiger partial charge in [0.25, 0.3) is 10.1 Å². The third-order valence-electron chi connectivity index (χ3n) is 7.76. The molecule has 1 amide bonds. The van der Waals surface area contributed by atoms with Crippen molar-refractivity contribution < 1.29 is 22.9 Å². The Hall–Kier alpha value is -2.79. The summed E-state index contributed by atoms with van der Waals surface area (Å²) in [6.45, 7) is 3.26. The number of hydrogen-bond acceptors (Lipinski definition) is 6. The van der Waals surface area contributed by atoms with Crippen LogP contribution in [-0.4, -0.2) is 67.9 Å². The third kappa shape index (κ3) is 9.63. The van der Waals surface area contributed by atoms with E-state index in [0.717, 1.165) is 38.0 Å². The lowest BCUT2D eigenvalue weighted by molar-refractivity contribution is -0.106. The molecular formula is C31H40ClN3O5S. The maximum Gasteiger partial charge on any atom is 0.266 e. The van der Waals surface area contributed by atoms with E-state index in [0.29, 0.717) is 24.4 Å². The number of nitrogens with one attached hydrogen (secondary N) is 1. The second kappa shape index (κ2) is 15.4. The zero-order valence-electron chi connectivity index (χ0n) is 23.2. The van der Waals surface area contributed by atoms with E-state index in [1.807, 2.05) is 60.7 Å². The molecule has 1 saturated heterocycles. The van der Waals surface area contributed by atoms with Crippen molar-refractivity contribution in [2.45, 2.75) is 36.7 Å². The predicted molar refractivity (Wildman–Crippen MR) is 163 cm³/mol. The molecule has 0 bridgehead atoms. The summed E-state index contributed by atoms with van der Waals surface area (Å²) in [4.78, 5) is 11.0. The van der Waals surface area contributed by atoms with Crippen molar-refractivity contribution >= 4 is 28.1 Å². The van der Waals surface area contributed by atoms with Crippen LogP contribution < -0.4 is 11.1 Å². The van der Waals surface area contributed by atoms with E-state index in [1.165, 1.54) is 11.1 Å². The van der Waals surface area contributed by atoms with E-state index in [2.05, 4.69) is 40.2 Å². The number of hydrogen-bond donors (Lipinski definition) is 4. The zero-order chi connectivity index (χ0) is 29.8. The molecular weight excluding hydrogens is 562 g/mol. The Morgan fingerprint density at radius 1 is 0.951 bits per heavy atom. The van der Waals surface area contributed by atoms with Gasteiger partial charge in [-0.2, -0.15) is 8.42 Å². The topological polar surface area (TPSA) is 133 Å². The first-order valence-corrected chi connectivity index (χ1v) is 15.7. The van der Waals surface area contributed by atoms with E-state index >= 15 is 0 Å². The maximum absolute atomic E-state index is 11.3. The smallest absolute Gasteiger partial charge is 0.266 e. The lowest BCUT2D eigenvalue weighted by Crippen LogP contribution is -2.44. The minimum absolute atomic E-state index is 0.176. The number of amides is 1. The van der Waals surface area contributed by atoms with Gasteiger partial charge in [0.15, 0.2) is 0 Å². The number of carbonyl (C=O) groups is 1. The molecule has 1 heterocycles. The highest BCUT2D eigenvalue weighted by Gasteiger charge is 2.36. The van der Waals surface area contributed by atoms with Crippen LogP contribution in [0.15, 0.2) is 84.9 Å². The molecule has 1 fully saturated rings. The molecule has 3 aromatic carbocycles. The number of benzene rings is 3. The standard InChI is InChI=1S/C30H37ClN2O4S.CH3NO/c31-28-14-12-27(13-15-28)30(34)17-21-33(22-18-30)20-7-16-29(25-8-3-1-4-9-25,26-10-5-2-6-11-26)24-32-19-23-38(35,36)37;2-1-3/h1-6,8-15,32,34H,7,16-24H2,(H,35,36,37);1H,(H2,2,3). The summed E-state index contributed by atoms with van der Waals surface area (Å²) < 4.78 is 31.8. The summed E-state index contributed by atoms with van der Waals surface area (Å²) in [7, 11) is -4.03. The van der Waals surface area contributed by atoms with E-state index in [4.69, 9.17) is 16.4 Å². The van der Waals surface area contributed by atoms with Crippen LogP contribution >= 0.6 is 11.6 Å². The molecule has 0 radical (unpaired) electrons. The van der Waals surface area contributed by atoms with Gasteiger partial charge >= 0.3 is 0 Å². The van der Waals surface area contributed by atoms with Crippen LogP contribution in [0.2, 0.25) is 5.02 Å². The average Bonchev–Trinajstić information content (AvgIpc) is 2.96. The van der Waals surface area contributed by atoms with Gasteiger partial charge in [0.2, 0.25) is 6.41 Å². The Morgan fingerprint density at radius 2 is 1.46 bits per heavy atom. The Kier molecular flexibility index (Phi) is 12.3. The second-order valence-electron chi connectivity index (χ2n) is 10.4. The fraction of sp³-hybridized carbons (Fsp3) is 0.387. The van der Waals surface area contributed by atoms with E-state index in [-0.39, 0.29) is 24.1 Å². The van der Waals surface area contributed by atoms with Crippen molar-refractivity contribution in [3.8, 4) is 0 Å². The third-order valence-corrected chi connectivity index (χ3v) is 8.73. The molecule has 0 aromatic heterocycles. The molecule has 0 unspecified atom stereocenters. The Balaban J connectivity index is 0.00000147. The van der Waals surface area contributed by atoms with Gasteiger partial charge < -0.3 is 21.1 Å². The maximum atomic E-state index is 11.3. The number of likely N-dealkylation sites (tertiary alicyclic amines) is 1. The molecule has 3 aromatic rings. The van der Waals surface area contributed by atoms with Crippen molar-refractivity contribution in [2.24, 2.45) is 5.73 Å². The highest BCUT2D eigenvalue weighted by Crippen LogP contribution is 2.37. The normalized spacial score (nSPS) is 15.5. The lowest BCUT2D eigenvalue weighted by atomic mass is 9.71. The van der Waals surface area contributed by atoms with Gasteiger partial charge in [-0.3, -0.25) is 9.35 Å². The Bertz CT molecular complexity index is 1260. The Labute approximate surface area is 248 Å². The summed E-state index contributed by atoms with van der Waals surface area (Å²) in [6, 6.07) is 28.2. The van der Waals surface area contributed by atoms with Crippen molar-refractivity contribution in [1.29, 1.82) is 0 Å². The van der Waals surface area contributed by atoms with Crippen LogP contribution in [0, 0.1) is 0 Å². The van der Waals surface area contributed by atoms with Crippen molar-refractivity contribution in [2.75, 3.05) is 38.5 Å². The van der Waals surface area contributed by atoms with Crippen molar-refractivity contribution in [1.82, 2.24) is 10.2 Å². The van der Waals surface area contributed by atoms with Crippen LogP contribution in [0.5, 0.6) is 0 Å². The second-order valence-corrected chi connectivity index (χ2v) is 12.4. The van der Waals surface area contributed by atoms with Gasteiger partial charge in [-0.25, -0.2) is 0 Å². The molecule has 222 valence electrons. The summed E-state index contributed by atoms with van der Waals surface area (Å²) in [5.41, 5.74) is 6.24. The number of rotatable bonds is 12. The summed E-state index contributed by atoms with van der Waals surface area (Å²) >= 11 is 6.03. The van der Waals surface area contributed by atoms with Crippen molar-refractivity contribution in [3.05, 3.63) is 107 Å². The molecule has 0 atom stereocenters. The van der Waals surface area contributed by atoms with E-state index < -0.39 is 15.7 Å². The van der Waals surface area contributed by atoms with Crippen LogP contribution in [0.1, 0.15) is 42.4 Å². The monoisotopic (exact) mass is 601 g/mol. The largest absolute Gasteiger partial charge is 0.385 e. The molecule has 0 spiro atoms. The molecule has 0 saturated carbocycles. The number of nitrogens with two attached hydrogens (primary N) is 1. The van der Waals surface area contributed by atoms with Gasteiger partial charge in [-0.1, -0.05) is 84.4 Å². The Morgan fingerprint density at radius 3 is 1.95 bits per heavy atom. The SMILES string of the molecule is NC=O.O=S(=O)(O)CCNCC(CCCN1CCC(O)(c2ccc(Cl)cc2)CC1)(c1ccccc1)c1ccccc1. The van der Waals surface area contributed by atoms with Crippen LogP contribution in [0.4, 0.5) is 0 Å². The highest BCUT2D eigenvalue weighted by molar-refractivity contribution is 7.85. The quantitative estimate of drug-likeness (QED) is 0.140. The predicted octanol–water partition coefficient (Wildman–Crippen LogP) is 3.97. The van der Waals surface area contributed by atoms with Gasteiger partial charge in [0, 0.05) is 36.6 Å². The summed E-state index contributed by atoms with van der Waals surface area (Å²) in [6.07, 6.45) is 3.39. The highest BCUT2D eigenvalue weighted by atomic mass is 35.5. The molecule has 0 aliphatic carbocycles. The molecule has 1 aliphatic heterocycles. The molecule has 4 rings (SSSR count). The van der Waals surface area contributed by atoms with E-state index in [9.17, 15) is 18.1 Å². The fourth-order valence-electron chi connectivity index (χ4n) is 5.56. The zero-order valence-corrected chi connectivity index (χ0v) is 24.7. The summed E-state index contributed by atoms with van der Waals surface area (Å²) in [5, 5.41) is 15.2. The fourth-order valence-corrected chi connectivity index (χ4v) is 6.09. The van der Waals surface area contributed by atoms with Crippen LogP contribution in [0.3, 0.4) is 0 Å². The summed E-state index contributed by atoms with van der Waals surface area (Å²) in [5.74, 6) is -0.322. The molecule has 10 heteroatoms. The van der Waals surface area contributed by atoms with Gasteiger partial charge in [0.1, 0.15) is 0 Å². The minimum Gasteiger partial charge on any atom is -0.385 e. The molecule has 41 heavy (non-hydrogen) atoms. The van der Waals surface area contributed by atoms with Crippen LogP contribution in [-0.2, 0) is 25.9 Å². The number of halogens is 1. The number of aliphatic hydroxyl groups is 1. The average molecular weight is 602 g/mol. The number of piperidine rings is 1. The van der Waals surface area contributed by atoms with Crippen molar-refractivity contribution in [3.63, 3.8) is 0 Å². The first kappa shape index (κ1) is 32.7. The number of carbonyl (C=O) groups excluding carboxylic acids is 1. The minimum atomic E-state index is -4.03. The number of nitrogens with zero attached hydrogens (tertiary/aromatic N) is 1. The van der Waals surface area contributed by atoms with Gasteiger partial charge in [-0.05, 0) is 61.1 Å². The first-order valence-electron chi connectivity index (χ1n) is 13.7. The van der Waals surface area contributed by atoms with Gasteiger partial charge in [-0.15, -0.1) is 0 Å². The lowest BCUT2D eigenvalue weighted by Gasteiger charge is -2.40.